The molecule has 0 aromatic heterocycles. The minimum absolute atomic E-state index is 0.308. The van der Waals surface area contributed by atoms with Crippen molar-refractivity contribution >= 4 is 28.3 Å². The highest BCUT2D eigenvalue weighted by Gasteiger charge is 2.49. The molecule has 130 valence electrons. The molecule has 10 heteroatoms. The number of fused-ring (bicyclic) bond motifs is 1. The lowest BCUT2D eigenvalue weighted by Crippen LogP contribution is -2.60. The summed E-state index contributed by atoms with van der Waals surface area (Å²) in [6, 6.07) is 8.66. The molecule has 2 aliphatic rings. The summed E-state index contributed by atoms with van der Waals surface area (Å²) in [4.78, 5) is 3.86. The lowest BCUT2D eigenvalue weighted by atomic mass is 9.98. The fourth-order valence-electron chi connectivity index (χ4n) is 2.68. The Balaban J connectivity index is 1.76. The molecule has 1 N–H and O–H groups in total. The lowest BCUT2D eigenvalue weighted by Gasteiger charge is -2.46. The van der Waals surface area contributed by atoms with Gasteiger partial charge in [0.15, 0.2) is 6.03 Å². The van der Waals surface area contributed by atoms with Crippen molar-refractivity contribution in [3.63, 3.8) is 0 Å². The molecule has 3 rings (SSSR count). The van der Waals surface area contributed by atoms with Gasteiger partial charge in [0.25, 0.3) is 0 Å². The third-order valence-electron chi connectivity index (χ3n) is 3.78. The number of hydrogen-bond acceptors (Lipinski definition) is 6. The average molecular weight is 387 g/mol. The standard InChI is InChI=1S/C14H19N3O4P2S/c1-22-23-14-19-7-9-12(21-14)11(18)10(16-17-15)13(20-9)24-8-5-3-2-4-6-8/h2-6,9-14,18,22-23H,7H2,1H3/t9?,10-,11?,12+,13+,14?/m1/s1. The van der Waals surface area contributed by atoms with Crippen LogP contribution in [0.25, 0.3) is 10.4 Å². The molecule has 1 aromatic carbocycles. The molecule has 0 spiro atoms. The minimum Gasteiger partial charge on any atom is -0.390 e. The Labute approximate surface area is 147 Å². The molecule has 2 saturated heterocycles. The summed E-state index contributed by atoms with van der Waals surface area (Å²) in [5, 5.41) is 14.5. The fraction of sp³-hybridized carbons (Fsp3) is 0.571. The van der Waals surface area contributed by atoms with Gasteiger partial charge in [-0.2, -0.15) is 0 Å². The molecule has 1 aromatic rings. The maximum Gasteiger partial charge on any atom is 0.177 e. The molecule has 2 heterocycles. The van der Waals surface area contributed by atoms with E-state index in [1.165, 1.54) is 11.8 Å². The van der Waals surface area contributed by atoms with E-state index < -0.39 is 23.7 Å². The van der Waals surface area contributed by atoms with Crippen LogP contribution in [-0.4, -0.2) is 54.2 Å². The van der Waals surface area contributed by atoms with Crippen molar-refractivity contribution in [2.45, 2.75) is 40.7 Å². The molecule has 7 nitrogen and oxygen atoms in total. The van der Waals surface area contributed by atoms with E-state index in [1.807, 2.05) is 30.3 Å². The smallest absolute Gasteiger partial charge is 0.177 e. The van der Waals surface area contributed by atoms with Gasteiger partial charge in [-0.3, -0.25) is 0 Å². The number of nitrogens with zero attached hydrogens (tertiary/aromatic N) is 3. The predicted molar refractivity (Wildman–Crippen MR) is 97.1 cm³/mol. The quantitative estimate of drug-likeness (QED) is 0.362. The molecule has 24 heavy (non-hydrogen) atoms. The van der Waals surface area contributed by atoms with Crippen LogP contribution in [0.5, 0.6) is 0 Å². The van der Waals surface area contributed by atoms with E-state index in [2.05, 4.69) is 16.7 Å². The van der Waals surface area contributed by atoms with E-state index in [0.717, 1.165) is 13.2 Å². The van der Waals surface area contributed by atoms with Crippen molar-refractivity contribution in [3.05, 3.63) is 40.8 Å². The van der Waals surface area contributed by atoms with E-state index in [-0.39, 0.29) is 12.1 Å². The first-order valence-electron chi connectivity index (χ1n) is 7.51. The van der Waals surface area contributed by atoms with Crippen LogP contribution in [-0.2, 0) is 14.2 Å². The van der Waals surface area contributed by atoms with Gasteiger partial charge >= 0.3 is 0 Å². The van der Waals surface area contributed by atoms with Crippen molar-refractivity contribution in [3.8, 4) is 0 Å². The van der Waals surface area contributed by atoms with Crippen LogP contribution >= 0.6 is 28.3 Å². The van der Waals surface area contributed by atoms with E-state index in [4.69, 9.17) is 19.7 Å². The van der Waals surface area contributed by atoms with Crippen LogP contribution in [0.1, 0.15) is 0 Å². The van der Waals surface area contributed by atoms with Crippen LogP contribution in [0.15, 0.2) is 40.3 Å². The second kappa shape index (κ2) is 8.79. The normalized spacial score (nSPS) is 36.8. The van der Waals surface area contributed by atoms with Crippen molar-refractivity contribution in [2.24, 2.45) is 5.11 Å². The number of thioether (sulfide) groups is 1. The number of aliphatic hydroxyl groups excluding tert-OH is 1. The van der Waals surface area contributed by atoms with Gasteiger partial charge in [-0.15, -0.1) is 0 Å². The van der Waals surface area contributed by atoms with Gasteiger partial charge in [0.2, 0.25) is 0 Å². The van der Waals surface area contributed by atoms with Crippen LogP contribution < -0.4 is 0 Å². The number of rotatable bonds is 5. The summed E-state index contributed by atoms with van der Waals surface area (Å²) in [6.07, 6.45) is -1.82. The molecular formula is C14H19N3O4P2S. The molecule has 0 saturated carbocycles. The molecule has 8 atom stereocenters. The number of hydrogen-bond donors (Lipinski definition) is 1. The van der Waals surface area contributed by atoms with Crippen LogP contribution in [0, 0.1) is 0 Å². The molecule has 2 aliphatic heterocycles. The Morgan fingerprint density at radius 3 is 2.83 bits per heavy atom. The monoisotopic (exact) mass is 387 g/mol. The topological polar surface area (TPSA) is 96.7 Å². The second-order valence-electron chi connectivity index (χ2n) is 5.32. The van der Waals surface area contributed by atoms with Gasteiger partial charge in [0.05, 0.1) is 12.7 Å². The third kappa shape index (κ3) is 4.21. The van der Waals surface area contributed by atoms with Gasteiger partial charge in [-0.1, -0.05) is 43.3 Å². The summed E-state index contributed by atoms with van der Waals surface area (Å²) in [5.41, 5.74) is 8.38. The van der Waals surface area contributed by atoms with E-state index in [1.54, 1.807) is 0 Å². The van der Waals surface area contributed by atoms with Gasteiger partial charge in [0, 0.05) is 9.81 Å². The zero-order chi connectivity index (χ0) is 16.9. The first-order chi connectivity index (χ1) is 11.7. The molecule has 5 unspecified atom stereocenters. The molecule has 0 bridgehead atoms. The average Bonchev–Trinajstić information content (AvgIpc) is 2.60. The number of ether oxygens (including phenoxy) is 3. The van der Waals surface area contributed by atoms with Gasteiger partial charge in [0.1, 0.15) is 23.7 Å². The Morgan fingerprint density at radius 2 is 2.12 bits per heavy atom. The summed E-state index contributed by atoms with van der Waals surface area (Å²) >= 11 is 1.43. The van der Waals surface area contributed by atoms with E-state index in [9.17, 15) is 5.11 Å². The molecule has 2 fully saturated rings. The highest BCUT2D eigenvalue weighted by molar-refractivity contribution is 8.11. The highest BCUT2D eigenvalue weighted by Crippen LogP contribution is 2.44. The molecule has 0 radical (unpaired) electrons. The first kappa shape index (κ1) is 18.4. The van der Waals surface area contributed by atoms with Crippen molar-refractivity contribution < 1.29 is 19.3 Å². The minimum atomic E-state index is -0.919. The molecular weight excluding hydrogens is 368 g/mol. The van der Waals surface area contributed by atoms with Gasteiger partial charge in [-0.05, 0) is 32.6 Å². The Hall–Kier alpha value is -0.420. The van der Waals surface area contributed by atoms with Crippen molar-refractivity contribution in [2.75, 3.05) is 13.3 Å². The van der Waals surface area contributed by atoms with Crippen LogP contribution in [0.2, 0.25) is 0 Å². The number of benzene rings is 1. The maximum atomic E-state index is 10.7. The predicted octanol–water partition coefficient (Wildman–Crippen LogP) is 3.14. The van der Waals surface area contributed by atoms with E-state index >= 15 is 0 Å². The van der Waals surface area contributed by atoms with Crippen LogP contribution in [0.4, 0.5) is 0 Å². The molecule has 0 aliphatic carbocycles. The van der Waals surface area contributed by atoms with Gasteiger partial charge < -0.3 is 19.3 Å². The SMILES string of the molecule is CPPC1OCC2O[C@@H](Sc3ccccc3)[C@H](N=[N+]=[N-])C(O)[C@H]2O1. The summed E-state index contributed by atoms with van der Waals surface area (Å²) in [5.74, 6) is 0. The number of azide groups is 1. The summed E-state index contributed by atoms with van der Waals surface area (Å²) in [6.45, 7) is 2.46. The van der Waals surface area contributed by atoms with Crippen molar-refractivity contribution in [1.29, 1.82) is 0 Å². The Bertz CT molecular complexity index is 593. The highest BCUT2D eigenvalue weighted by atomic mass is 32.2. The maximum absolute atomic E-state index is 10.7. The zero-order valence-corrected chi connectivity index (χ0v) is 15.8. The van der Waals surface area contributed by atoms with E-state index in [0.29, 0.717) is 14.9 Å². The first-order valence-corrected chi connectivity index (χ1v) is 12.0. The summed E-state index contributed by atoms with van der Waals surface area (Å²) in [7, 11) is 1.25. The Morgan fingerprint density at radius 1 is 1.33 bits per heavy atom. The second-order valence-corrected chi connectivity index (χ2v) is 10.1. The van der Waals surface area contributed by atoms with Crippen molar-refractivity contribution in [1.82, 2.24) is 0 Å². The fourth-order valence-corrected chi connectivity index (χ4v) is 5.62. The van der Waals surface area contributed by atoms with Crippen LogP contribution in [0.3, 0.4) is 0 Å². The summed E-state index contributed by atoms with van der Waals surface area (Å²) < 4.78 is 17.6. The molecule has 0 amide bonds. The Kier molecular flexibility index (Phi) is 6.73. The van der Waals surface area contributed by atoms with Gasteiger partial charge in [-0.25, -0.2) is 0 Å². The number of aliphatic hydroxyl groups is 1. The third-order valence-corrected chi connectivity index (χ3v) is 7.34. The zero-order valence-electron chi connectivity index (χ0n) is 13.0. The largest absolute Gasteiger partial charge is 0.390 e. The lowest BCUT2D eigenvalue weighted by molar-refractivity contribution is -0.274.